The Hall–Kier alpha value is -1.75. The molecule has 0 heterocycles. The van der Waals surface area contributed by atoms with Gasteiger partial charge in [0.15, 0.2) is 11.5 Å². The topological polar surface area (TPSA) is 39.7 Å². The Bertz CT molecular complexity index is 706. The summed E-state index contributed by atoms with van der Waals surface area (Å²) in [5.74, 6) is 1.28. The summed E-state index contributed by atoms with van der Waals surface area (Å²) < 4.78 is 17.1. The molecule has 0 fully saturated rings. The van der Waals surface area contributed by atoms with E-state index in [2.05, 4.69) is 24.4 Å². The lowest BCUT2D eigenvalue weighted by atomic mass is 10.1. The summed E-state index contributed by atoms with van der Waals surface area (Å²) in [5.41, 5.74) is 3.38. The number of halogens is 1. The molecule has 4 nitrogen and oxygen atoms in total. The van der Waals surface area contributed by atoms with E-state index in [1.807, 2.05) is 38.1 Å². The van der Waals surface area contributed by atoms with Gasteiger partial charge < -0.3 is 19.5 Å². The van der Waals surface area contributed by atoms with E-state index in [-0.39, 0.29) is 0 Å². The number of ether oxygens (including phenoxy) is 3. The van der Waals surface area contributed by atoms with Crippen LogP contribution in [0.4, 0.5) is 0 Å². The molecule has 0 unspecified atom stereocenters. The zero-order valence-corrected chi connectivity index (χ0v) is 17.3. The van der Waals surface area contributed by atoms with Crippen molar-refractivity contribution in [3.8, 4) is 11.5 Å². The third kappa shape index (κ3) is 7.41. The van der Waals surface area contributed by atoms with Crippen LogP contribution in [0.5, 0.6) is 11.5 Å². The number of nitrogens with one attached hydrogen (secondary N) is 1. The first-order valence-electron chi connectivity index (χ1n) is 9.56. The Morgan fingerprint density at radius 1 is 1.00 bits per heavy atom. The zero-order valence-electron chi connectivity index (χ0n) is 16.5. The quantitative estimate of drug-likeness (QED) is 0.508. The fourth-order valence-corrected chi connectivity index (χ4v) is 3.05. The van der Waals surface area contributed by atoms with Crippen LogP contribution in [0.2, 0.25) is 5.02 Å². The highest BCUT2D eigenvalue weighted by molar-refractivity contribution is 6.32. The fraction of sp³-hybridized carbons (Fsp3) is 0.455. The van der Waals surface area contributed by atoms with E-state index >= 15 is 0 Å². The summed E-state index contributed by atoms with van der Waals surface area (Å²) >= 11 is 6.50. The van der Waals surface area contributed by atoms with Crippen molar-refractivity contribution in [2.45, 2.75) is 40.3 Å². The van der Waals surface area contributed by atoms with Crippen LogP contribution in [0.25, 0.3) is 0 Å². The van der Waals surface area contributed by atoms with Crippen molar-refractivity contribution in [3.05, 3.63) is 58.1 Å². The third-order valence-electron chi connectivity index (χ3n) is 4.01. The van der Waals surface area contributed by atoms with Gasteiger partial charge in [0.1, 0.15) is 6.61 Å². The molecule has 0 amide bonds. The molecule has 27 heavy (non-hydrogen) atoms. The highest BCUT2D eigenvalue weighted by Crippen LogP contribution is 2.37. The second-order valence-electron chi connectivity index (χ2n) is 6.34. The average molecular weight is 392 g/mol. The van der Waals surface area contributed by atoms with E-state index in [0.29, 0.717) is 29.7 Å². The Labute approximate surface area is 167 Å². The molecular formula is C22H30ClNO3. The summed E-state index contributed by atoms with van der Waals surface area (Å²) in [5, 5.41) is 3.97. The number of rotatable bonds is 12. The van der Waals surface area contributed by atoms with Gasteiger partial charge in [0.2, 0.25) is 0 Å². The monoisotopic (exact) mass is 391 g/mol. The van der Waals surface area contributed by atoms with Gasteiger partial charge in [0.25, 0.3) is 0 Å². The minimum Gasteiger partial charge on any atom is -0.490 e. The summed E-state index contributed by atoms with van der Waals surface area (Å²) in [6, 6.07) is 12.2. The number of hydrogen-bond donors (Lipinski definition) is 1. The SMILES string of the molecule is CCOCCCNCc1cc(Cl)c(OCc2cccc(C)c2)c(OCC)c1. The van der Waals surface area contributed by atoms with Gasteiger partial charge in [-0.15, -0.1) is 0 Å². The molecule has 0 saturated heterocycles. The van der Waals surface area contributed by atoms with E-state index in [0.717, 1.165) is 43.9 Å². The fourth-order valence-electron chi connectivity index (χ4n) is 2.76. The van der Waals surface area contributed by atoms with Crippen LogP contribution in [-0.4, -0.2) is 26.4 Å². The molecule has 0 aliphatic rings. The lowest BCUT2D eigenvalue weighted by molar-refractivity contribution is 0.144. The molecule has 2 aromatic rings. The van der Waals surface area contributed by atoms with Gasteiger partial charge >= 0.3 is 0 Å². The van der Waals surface area contributed by atoms with E-state index < -0.39 is 0 Å². The summed E-state index contributed by atoms with van der Waals surface area (Å²) in [6.07, 6.45) is 0.984. The van der Waals surface area contributed by atoms with Gasteiger partial charge in [-0.25, -0.2) is 0 Å². The molecule has 2 aromatic carbocycles. The van der Waals surface area contributed by atoms with Crippen LogP contribution in [0.1, 0.15) is 37.0 Å². The average Bonchev–Trinajstić information content (AvgIpc) is 2.64. The van der Waals surface area contributed by atoms with Crippen molar-refractivity contribution < 1.29 is 14.2 Å². The first-order valence-corrected chi connectivity index (χ1v) is 9.93. The predicted molar refractivity (Wildman–Crippen MR) is 111 cm³/mol. The predicted octanol–water partition coefficient (Wildman–Crippen LogP) is 5.14. The Balaban J connectivity index is 1.99. The van der Waals surface area contributed by atoms with Gasteiger partial charge in [-0.1, -0.05) is 41.4 Å². The Morgan fingerprint density at radius 3 is 2.59 bits per heavy atom. The standard InChI is InChI=1S/C22H30ClNO3/c1-4-25-11-7-10-24-15-19-13-20(23)22(21(14-19)26-5-2)27-16-18-9-6-8-17(3)12-18/h6,8-9,12-14,24H,4-5,7,10-11,15-16H2,1-3H3. The second-order valence-corrected chi connectivity index (χ2v) is 6.75. The smallest absolute Gasteiger partial charge is 0.180 e. The highest BCUT2D eigenvalue weighted by Gasteiger charge is 2.13. The van der Waals surface area contributed by atoms with Crippen molar-refractivity contribution in [1.29, 1.82) is 0 Å². The molecule has 0 saturated carbocycles. The minimum absolute atomic E-state index is 0.455. The van der Waals surface area contributed by atoms with Crippen LogP contribution in [0.3, 0.4) is 0 Å². The van der Waals surface area contributed by atoms with Crippen LogP contribution in [0, 0.1) is 6.92 Å². The van der Waals surface area contributed by atoms with E-state index in [4.69, 9.17) is 25.8 Å². The second kappa shape index (κ2) is 11.9. The van der Waals surface area contributed by atoms with Gasteiger partial charge in [0, 0.05) is 19.8 Å². The van der Waals surface area contributed by atoms with E-state index in [9.17, 15) is 0 Å². The van der Waals surface area contributed by atoms with Crippen molar-refractivity contribution >= 4 is 11.6 Å². The lowest BCUT2D eigenvalue weighted by Crippen LogP contribution is -2.16. The van der Waals surface area contributed by atoms with Crippen LogP contribution < -0.4 is 14.8 Å². The molecule has 0 atom stereocenters. The zero-order chi connectivity index (χ0) is 19.5. The minimum atomic E-state index is 0.455. The molecule has 2 rings (SSSR count). The van der Waals surface area contributed by atoms with Gasteiger partial charge in [0.05, 0.1) is 11.6 Å². The van der Waals surface area contributed by atoms with Crippen molar-refractivity contribution in [1.82, 2.24) is 5.32 Å². The maximum atomic E-state index is 6.50. The summed E-state index contributed by atoms with van der Waals surface area (Å²) in [6.45, 7) is 10.2. The molecule has 0 spiro atoms. The summed E-state index contributed by atoms with van der Waals surface area (Å²) in [4.78, 5) is 0. The van der Waals surface area contributed by atoms with Crippen LogP contribution in [0.15, 0.2) is 36.4 Å². The normalized spacial score (nSPS) is 10.8. The van der Waals surface area contributed by atoms with Gasteiger partial charge in [-0.05, 0) is 57.0 Å². The Morgan fingerprint density at radius 2 is 1.85 bits per heavy atom. The van der Waals surface area contributed by atoms with Crippen LogP contribution >= 0.6 is 11.6 Å². The van der Waals surface area contributed by atoms with Crippen molar-refractivity contribution in [3.63, 3.8) is 0 Å². The Kier molecular flexibility index (Phi) is 9.46. The van der Waals surface area contributed by atoms with E-state index in [1.165, 1.54) is 5.56 Å². The third-order valence-corrected chi connectivity index (χ3v) is 4.29. The number of benzene rings is 2. The van der Waals surface area contributed by atoms with Crippen molar-refractivity contribution in [2.24, 2.45) is 0 Å². The maximum absolute atomic E-state index is 6.50. The largest absolute Gasteiger partial charge is 0.490 e. The number of aryl methyl sites for hydroxylation is 1. The lowest BCUT2D eigenvalue weighted by Gasteiger charge is -2.16. The van der Waals surface area contributed by atoms with Gasteiger partial charge in [-0.3, -0.25) is 0 Å². The molecule has 0 bridgehead atoms. The first kappa shape index (κ1) is 21.5. The summed E-state index contributed by atoms with van der Waals surface area (Å²) in [7, 11) is 0. The molecule has 0 radical (unpaired) electrons. The number of hydrogen-bond acceptors (Lipinski definition) is 4. The first-order chi connectivity index (χ1) is 13.1. The van der Waals surface area contributed by atoms with Gasteiger partial charge in [-0.2, -0.15) is 0 Å². The van der Waals surface area contributed by atoms with E-state index in [1.54, 1.807) is 0 Å². The molecule has 0 aliphatic heterocycles. The van der Waals surface area contributed by atoms with Crippen molar-refractivity contribution in [2.75, 3.05) is 26.4 Å². The molecular weight excluding hydrogens is 362 g/mol. The molecule has 148 valence electrons. The molecule has 0 aromatic heterocycles. The molecule has 1 N–H and O–H groups in total. The molecule has 5 heteroatoms. The maximum Gasteiger partial charge on any atom is 0.180 e. The molecule has 0 aliphatic carbocycles. The van der Waals surface area contributed by atoms with Crippen LogP contribution in [-0.2, 0) is 17.9 Å². The highest BCUT2D eigenvalue weighted by atomic mass is 35.5.